The topological polar surface area (TPSA) is 58.6 Å². The molecule has 1 saturated heterocycles. The van der Waals surface area contributed by atoms with Crippen LogP contribution in [0.15, 0.2) is 66.7 Å². The maximum absolute atomic E-state index is 14.1. The van der Waals surface area contributed by atoms with E-state index >= 15 is 0 Å². The van der Waals surface area contributed by atoms with E-state index in [2.05, 4.69) is 5.32 Å². The number of ether oxygens (including phenoxy) is 1. The number of carbonyl (C=O) groups excluding carboxylic acids is 2. The average Bonchev–Trinajstić information content (AvgIpc) is 3.05. The number of hydrogen-bond acceptors (Lipinski definition) is 3. The quantitative estimate of drug-likeness (QED) is 0.488. The molecule has 6 rings (SSSR count). The van der Waals surface area contributed by atoms with Gasteiger partial charge in [-0.05, 0) is 48.9 Å². The van der Waals surface area contributed by atoms with Gasteiger partial charge in [0.05, 0.1) is 23.9 Å². The summed E-state index contributed by atoms with van der Waals surface area (Å²) < 4.78 is 6.14. The minimum absolute atomic E-state index is 0.132. The number of amides is 2. The molecule has 33 heavy (non-hydrogen) atoms. The third-order valence-corrected chi connectivity index (χ3v) is 7.71. The lowest BCUT2D eigenvalue weighted by atomic mass is 9.73. The van der Waals surface area contributed by atoms with Crippen LogP contribution in [0.2, 0.25) is 10.0 Å². The first-order valence-electron chi connectivity index (χ1n) is 10.8. The molecule has 1 fully saturated rings. The molecule has 3 aromatic rings. The van der Waals surface area contributed by atoms with Crippen molar-refractivity contribution in [2.24, 2.45) is 5.92 Å². The van der Waals surface area contributed by atoms with Crippen molar-refractivity contribution in [2.45, 2.75) is 24.4 Å². The van der Waals surface area contributed by atoms with Crippen LogP contribution in [0.5, 0.6) is 5.75 Å². The fourth-order valence-corrected chi connectivity index (χ4v) is 6.21. The van der Waals surface area contributed by atoms with Gasteiger partial charge >= 0.3 is 0 Å². The average molecular weight is 479 g/mol. The second-order valence-electron chi connectivity index (χ2n) is 8.96. The van der Waals surface area contributed by atoms with Gasteiger partial charge < -0.3 is 15.0 Å². The highest BCUT2D eigenvalue weighted by molar-refractivity contribution is 6.31. The third kappa shape index (κ3) is 2.85. The van der Waals surface area contributed by atoms with Gasteiger partial charge in [0, 0.05) is 27.4 Å². The van der Waals surface area contributed by atoms with E-state index in [-0.39, 0.29) is 29.7 Å². The van der Waals surface area contributed by atoms with Crippen LogP contribution in [0, 0.1) is 5.92 Å². The Morgan fingerprint density at radius 1 is 1.00 bits per heavy atom. The number of anilines is 1. The first-order chi connectivity index (χ1) is 15.9. The van der Waals surface area contributed by atoms with E-state index in [0.717, 1.165) is 11.1 Å². The molecule has 5 nitrogen and oxygen atoms in total. The molecular formula is C26H20Cl2N2O3. The number of fused-ring (bicyclic) bond motifs is 6. The highest BCUT2D eigenvalue weighted by Crippen LogP contribution is 2.60. The highest BCUT2D eigenvalue weighted by Gasteiger charge is 2.65. The van der Waals surface area contributed by atoms with Gasteiger partial charge in [0.15, 0.2) is 0 Å². The molecule has 0 saturated carbocycles. The van der Waals surface area contributed by atoms with Crippen LogP contribution in [-0.4, -0.2) is 28.9 Å². The zero-order chi connectivity index (χ0) is 22.9. The van der Waals surface area contributed by atoms with E-state index in [0.29, 0.717) is 33.7 Å². The maximum Gasteiger partial charge on any atom is 0.257 e. The monoisotopic (exact) mass is 478 g/mol. The molecule has 3 aliphatic rings. The van der Waals surface area contributed by atoms with E-state index in [1.807, 2.05) is 49.4 Å². The summed E-state index contributed by atoms with van der Waals surface area (Å²) in [6.07, 6.45) is 0. The van der Waals surface area contributed by atoms with E-state index < -0.39 is 5.54 Å². The smallest absolute Gasteiger partial charge is 0.257 e. The minimum Gasteiger partial charge on any atom is -0.493 e. The van der Waals surface area contributed by atoms with Crippen LogP contribution in [0.3, 0.4) is 0 Å². The second-order valence-corrected chi connectivity index (χ2v) is 9.83. The largest absolute Gasteiger partial charge is 0.493 e. The number of benzene rings is 3. The summed E-state index contributed by atoms with van der Waals surface area (Å²) in [5, 5.41) is 4.01. The Balaban J connectivity index is 1.63. The number of rotatable bonds is 1. The number of nitrogens with zero attached hydrogens (tertiary/aromatic N) is 1. The molecule has 1 N–H and O–H groups in total. The molecule has 4 atom stereocenters. The Bertz CT molecular complexity index is 1310. The van der Waals surface area contributed by atoms with Crippen molar-refractivity contribution in [3.63, 3.8) is 0 Å². The van der Waals surface area contributed by atoms with Crippen molar-refractivity contribution in [1.82, 2.24) is 4.90 Å². The van der Waals surface area contributed by atoms with E-state index in [4.69, 9.17) is 27.9 Å². The Morgan fingerprint density at radius 3 is 2.52 bits per heavy atom. The van der Waals surface area contributed by atoms with Crippen LogP contribution in [0.1, 0.15) is 40.4 Å². The number of halogens is 2. The predicted octanol–water partition coefficient (Wildman–Crippen LogP) is 5.69. The first kappa shape index (κ1) is 20.6. The molecule has 3 aromatic carbocycles. The van der Waals surface area contributed by atoms with Crippen LogP contribution >= 0.6 is 23.2 Å². The molecule has 0 aromatic heterocycles. The SMILES string of the molecule is C[C@@]12C(=O)Nc3cc(Cl)ccc3C(=O)N1[C@H]1c3cc(Cl)ccc3OC[C@@H]1[C@@H]2c1ccccc1. The molecule has 2 amide bonds. The summed E-state index contributed by atoms with van der Waals surface area (Å²) >= 11 is 12.6. The molecule has 3 aliphatic heterocycles. The standard InChI is InChI=1S/C26H20Cl2N2O3/c1-26-22(14-5-3-2-4-6-14)19-13-33-21-10-8-15(27)11-18(21)23(19)30(26)24(31)17-9-7-16(28)12-20(17)29-25(26)32/h2-12,19,22-23H,13H2,1H3,(H,29,32)/t19-,22+,23+,26-/m1/s1. The molecule has 0 unspecified atom stereocenters. The maximum atomic E-state index is 14.1. The summed E-state index contributed by atoms with van der Waals surface area (Å²) in [4.78, 5) is 29.8. The Morgan fingerprint density at radius 2 is 1.73 bits per heavy atom. The van der Waals surface area contributed by atoms with Crippen molar-refractivity contribution in [3.8, 4) is 5.75 Å². The van der Waals surface area contributed by atoms with Crippen LogP contribution in [0.4, 0.5) is 5.69 Å². The van der Waals surface area contributed by atoms with E-state index in [1.165, 1.54) is 0 Å². The van der Waals surface area contributed by atoms with Gasteiger partial charge in [0.25, 0.3) is 11.8 Å². The molecular weight excluding hydrogens is 459 g/mol. The van der Waals surface area contributed by atoms with Crippen molar-refractivity contribution in [2.75, 3.05) is 11.9 Å². The molecule has 0 aliphatic carbocycles. The van der Waals surface area contributed by atoms with Crippen molar-refractivity contribution in [1.29, 1.82) is 0 Å². The summed E-state index contributed by atoms with van der Waals surface area (Å²) in [7, 11) is 0. The zero-order valence-corrected chi connectivity index (χ0v) is 19.2. The molecule has 166 valence electrons. The highest BCUT2D eigenvalue weighted by atomic mass is 35.5. The summed E-state index contributed by atoms with van der Waals surface area (Å²) in [5.74, 6) is -0.200. The summed E-state index contributed by atoms with van der Waals surface area (Å²) in [5.41, 5.74) is 1.49. The van der Waals surface area contributed by atoms with Crippen molar-refractivity contribution >= 4 is 40.7 Å². The Labute approximate surface area is 201 Å². The molecule has 0 bridgehead atoms. The van der Waals surface area contributed by atoms with E-state index in [9.17, 15) is 9.59 Å². The zero-order valence-electron chi connectivity index (χ0n) is 17.7. The lowest BCUT2D eigenvalue weighted by Gasteiger charge is -2.38. The minimum atomic E-state index is -1.16. The number of nitrogens with one attached hydrogen (secondary N) is 1. The molecule has 3 heterocycles. The second kappa shape index (κ2) is 7.24. The Hall–Kier alpha value is -3.02. The molecule has 0 radical (unpaired) electrons. The third-order valence-electron chi connectivity index (χ3n) is 7.24. The van der Waals surface area contributed by atoms with Crippen molar-refractivity contribution < 1.29 is 14.3 Å². The van der Waals surface area contributed by atoms with Gasteiger partial charge in [-0.25, -0.2) is 0 Å². The fraction of sp³-hybridized carbons (Fsp3) is 0.231. The lowest BCUT2D eigenvalue weighted by Crippen LogP contribution is -2.54. The van der Waals surface area contributed by atoms with Gasteiger partial charge in [-0.15, -0.1) is 0 Å². The lowest BCUT2D eigenvalue weighted by molar-refractivity contribution is -0.125. The molecule has 7 heteroatoms. The van der Waals surface area contributed by atoms with Gasteiger partial charge in [0.2, 0.25) is 0 Å². The predicted molar refractivity (Wildman–Crippen MR) is 127 cm³/mol. The first-order valence-corrected chi connectivity index (χ1v) is 11.6. The van der Waals surface area contributed by atoms with E-state index in [1.54, 1.807) is 29.2 Å². The number of carbonyl (C=O) groups is 2. The van der Waals surface area contributed by atoms with Gasteiger partial charge in [0.1, 0.15) is 11.3 Å². The van der Waals surface area contributed by atoms with Gasteiger partial charge in [-0.3, -0.25) is 9.59 Å². The molecule has 0 spiro atoms. The van der Waals surface area contributed by atoms with Crippen molar-refractivity contribution in [3.05, 3.63) is 93.5 Å². The van der Waals surface area contributed by atoms with Crippen LogP contribution in [0.25, 0.3) is 0 Å². The fourth-order valence-electron chi connectivity index (χ4n) is 5.86. The van der Waals surface area contributed by atoms with Crippen LogP contribution < -0.4 is 10.1 Å². The van der Waals surface area contributed by atoms with Crippen LogP contribution in [-0.2, 0) is 4.79 Å². The van der Waals surface area contributed by atoms with Gasteiger partial charge in [-0.1, -0.05) is 53.5 Å². The van der Waals surface area contributed by atoms with Gasteiger partial charge in [-0.2, -0.15) is 0 Å². The number of hydrogen-bond donors (Lipinski definition) is 1. The summed E-state index contributed by atoms with van der Waals surface area (Å²) in [6.45, 7) is 2.24. The Kier molecular flexibility index (Phi) is 4.51. The summed E-state index contributed by atoms with van der Waals surface area (Å²) in [6, 6.07) is 19.9. The normalized spacial score (nSPS) is 27.5.